The first-order chi connectivity index (χ1) is 6.66. The van der Waals surface area contributed by atoms with E-state index >= 15 is 0 Å². The molecular formula is C9H9ClO3S. The molecule has 0 spiro atoms. The van der Waals surface area contributed by atoms with Crippen molar-refractivity contribution in [2.45, 2.75) is 4.90 Å². The van der Waals surface area contributed by atoms with Crippen molar-refractivity contribution in [3.8, 4) is 0 Å². The number of thioether (sulfide) groups is 1. The first kappa shape index (κ1) is 11.4. The molecule has 76 valence electrons. The number of aliphatic hydroxyl groups is 1. The zero-order valence-corrected chi connectivity index (χ0v) is 8.81. The van der Waals surface area contributed by atoms with Crippen LogP contribution in [-0.2, 0) is 0 Å². The lowest BCUT2D eigenvalue weighted by Crippen LogP contribution is -2.00. The molecule has 0 heterocycles. The van der Waals surface area contributed by atoms with E-state index in [9.17, 15) is 4.79 Å². The van der Waals surface area contributed by atoms with Crippen LogP contribution in [0, 0.1) is 0 Å². The van der Waals surface area contributed by atoms with Crippen molar-refractivity contribution in [2.75, 3.05) is 12.4 Å². The van der Waals surface area contributed by atoms with Crippen LogP contribution in [0.25, 0.3) is 0 Å². The fourth-order valence-corrected chi connectivity index (χ4v) is 2.13. The van der Waals surface area contributed by atoms with Gasteiger partial charge in [0, 0.05) is 10.6 Å². The Morgan fingerprint density at radius 2 is 2.21 bits per heavy atom. The maximum absolute atomic E-state index is 10.8. The van der Waals surface area contributed by atoms with E-state index in [4.69, 9.17) is 21.8 Å². The number of aliphatic hydroxyl groups excluding tert-OH is 1. The molecule has 0 aliphatic rings. The average Bonchev–Trinajstić information content (AvgIpc) is 2.14. The minimum absolute atomic E-state index is 0.0102. The highest BCUT2D eigenvalue weighted by Crippen LogP contribution is 2.28. The highest BCUT2D eigenvalue weighted by atomic mass is 35.5. The molecule has 2 N–H and O–H groups in total. The summed E-state index contributed by atoms with van der Waals surface area (Å²) in [5, 5.41) is 17.7. The number of carboxylic acid groups (broad SMARTS) is 1. The Morgan fingerprint density at radius 1 is 1.50 bits per heavy atom. The quantitative estimate of drug-likeness (QED) is 0.781. The number of rotatable bonds is 4. The fourth-order valence-electron chi connectivity index (χ4n) is 0.988. The lowest BCUT2D eigenvalue weighted by Gasteiger charge is -2.05. The molecule has 1 aromatic rings. The second-order valence-corrected chi connectivity index (χ2v) is 4.03. The third kappa shape index (κ3) is 2.64. The van der Waals surface area contributed by atoms with Gasteiger partial charge >= 0.3 is 5.97 Å². The van der Waals surface area contributed by atoms with Gasteiger partial charge in [-0.2, -0.15) is 0 Å². The van der Waals surface area contributed by atoms with Crippen LogP contribution in [0.4, 0.5) is 0 Å². The van der Waals surface area contributed by atoms with E-state index in [0.29, 0.717) is 10.6 Å². The predicted octanol–water partition coefficient (Wildman–Crippen LogP) is 2.12. The highest BCUT2D eigenvalue weighted by Gasteiger charge is 2.13. The molecule has 0 saturated heterocycles. The maximum atomic E-state index is 10.8. The summed E-state index contributed by atoms with van der Waals surface area (Å²) in [6.45, 7) is 0.0102. The van der Waals surface area contributed by atoms with Gasteiger partial charge in [0.2, 0.25) is 0 Å². The number of halogens is 1. The first-order valence-electron chi connectivity index (χ1n) is 3.92. The molecule has 5 heteroatoms. The number of carboxylic acids is 1. The predicted molar refractivity (Wildman–Crippen MR) is 56.2 cm³/mol. The van der Waals surface area contributed by atoms with Crippen molar-refractivity contribution < 1.29 is 15.0 Å². The fraction of sp³-hybridized carbons (Fsp3) is 0.222. The summed E-state index contributed by atoms with van der Waals surface area (Å²) >= 11 is 7.02. The third-order valence-corrected chi connectivity index (χ3v) is 2.89. The van der Waals surface area contributed by atoms with Gasteiger partial charge in [-0.05, 0) is 12.1 Å². The Morgan fingerprint density at radius 3 is 2.79 bits per heavy atom. The highest BCUT2D eigenvalue weighted by molar-refractivity contribution is 7.99. The van der Waals surface area contributed by atoms with Crippen molar-refractivity contribution in [1.82, 2.24) is 0 Å². The summed E-state index contributed by atoms with van der Waals surface area (Å²) in [5.41, 5.74) is 0.104. The normalized spacial score (nSPS) is 10.1. The summed E-state index contributed by atoms with van der Waals surface area (Å²) < 4.78 is 0. The summed E-state index contributed by atoms with van der Waals surface area (Å²) in [5.74, 6) is -0.586. The number of hydrogen-bond donors (Lipinski definition) is 2. The molecule has 0 aliphatic heterocycles. The van der Waals surface area contributed by atoms with Crippen molar-refractivity contribution in [2.24, 2.45) is 0 Å². The Hall–Kier alpha value is -0.710. The van der Waals surface area contributed by atoms with Crippen LogP contribution >= 0.6 is 23.4 Å². The monoisotopic (exact) mass is 232 g/mol. The lowest BCUT2D eigenvalue weighted by atomic mass is 10.2. The SMILES string of the molecule is O=C(O)c1c(Cl)cccc1SCCO. The van der Waals surface area contributed by atoms with Gasteiger partial charge in [-0.3, -0.25) is 0 Å². The molecule has 0 atom stereocenters. The lowest BCUT2D eigenvalue weighted by molar-refractivity contribution is 0.0693. The second-order valence-electron chi connectivity index (χ2n) is 2.49. The molecule has 0 radical (unpaired) electrons. The van der Waals surface area contributed by atoms with Gasteiger partial charge in [0.15, 0.2) is 0 Å². The number of aromatic carboxylic acids is 1. The van der Waals surface area contributed by atoms with Crippen LogP contribution in [0.15, 0.2) is 23.1 Å². The van der Waals surface area contributed by atoms with E-state index in [0.717, 1.165) is 0 Å². The summed E-state index contributed by atoms with van der Waals surface area (Å²) in [6, 6.07) is 4.90. The van der Waals surface area contributed by atoms with Gasteiger partial charge in [0.1, 0.15) is 0 Å². The average molecular weight is 233 g/mol. The third-order valence-electron chi connectivity index (χ3n) is 1.54. The molecule has 0 unspecified atom stereocenters. The van der Waals surface area contributed by atoms with E-state index < -0.39 is 5.97 Å². The van der Waals surface area contributed by atoms with Crippen molar-refractivity contribution in [3.05, 3.63) is 28.8 Å². The van der Waals surface area contributed by atoms with Crippen LogP contribution in [0.5, 0.6) is 0 Å². The molecule has 3 nitrogen and oxygen atoms in total. The second kappa shape index (κ2) is 5.24. The van der Waals surface area contributed by atoms with Gasteiger partial charge in [0.25, 0.3) is 0 Å². The van der Waals surface area contributed by atoms with E-state index in [-0.39, 0.29) is 17.2 Å². The van der Waals surface area contributed by atoms with Gasteiger partial charge in [-0.1, -0.05) is 17.7 Å². The maximum Gasteiger partial charge on any atom is 0.338 e. The number of benzene rings is 1. The minimum Gasteiger partial charge on any atom is -0.478 e. The summed E-state index contributed by atoms with van der Waals surface area (Å²) in [4.78, 5) is 11.4. The minimum atomic E-state index is -1.05. The molecule has 14 heavy (non-hydrogen) atoms. The van der Waals surface area contributed by atoms with Crippen LogP contribution in [0.1, 0.15) is 10.4 Å². The molecule has 0 aliphatic carbocycles. The van der Waals surface area contributed by atoms with E-state index in [1.165, 1.54) is 17.8 Å². The van der Waals surface area contributed by atoms with Crippen LogP contribution < -0.4 is 0 Å². The topological polar surface area (TPSA) is 57.5 Å². The van der Waals surface area contributed by atoms with Crippen LogP contribution in [0.2, 0.25) is 5.02 Å². The molecule has 0 aromatic heterocycles. The molecule has 0 saturated carbocycles. The van der Waals surface area contributed by atoms with Crippen LogP contribution in [-0.4, -0.2) is 28.5 Å². The van der Waals surface area contributed by atoms with Crippen molar-refractivity contribution >= 4 is 29.3 Å². The van der Waals surface area contributed by atoms with Gasteiger partial charge in [-0.15, -0.1) is 11.8 Å². The van der Waals surface area contributed by atoms with E-state index in [2.05, 4.69) is 0 Å². The molecule has 1 rings (SSSR count). The summed E-state index contributed by atoms with van der Waals surface area (Å²) in [7, 11) is 0. The summed E-state index contributed by atoms with van der Waals surface area (Å²) in [6.07, 6.45) is 0. The molecule has 1 aromatic carbocycles. The molecule has 0 bridgehead atoms. The zero-order chi connectivity index (χ0) is 10.6. The molecule has 0 fully saturated rings. The van der Waals surface area contributed by atoms with Gasteiger partial charge in [-0.25, -0.2) is 4.79 Å². The Balaban J connectivity index is 3.02. The Kier molecular flexibility index (Phi) is 4.25. The van der Waals surface area contributed by atoms with Gasteiger partial charge in [0.05, 0.1) is 17.2 Å². The largest absolute Gasteiger partial charge is 0.478 e. The molecular weight excluding hydrogens is 224 g/mol. The van der Waals surface area contributed by atoms with Crippen molar-refractivity contribution in [3.63, 3.8) is 0 Å². The zero-order valence-electron chi connectivity index (χ0n) is 7.24. The van der Waals surface area contributed by atoms with E-state index in [1.54, 1.807) is 12.1 Å². The number of carbonyl (C=O) groups is 1. The Labute approximate surface area is 90.7 Å². The van der Waals surface area contributed by atoms with E-state index in [1.807, 2.05) is 0 Å². The van der Waals surface area contributed by atoms with Crippen molar-refractivity contribution in [1.29, 1.82) is 0 Å². The standard InChI is InChI=1S/C9H9ClO3S/c10-6-2-1-3-7(14-5-4-11)8(6)9(12)13/h1-3,11H,4-5H2,(H,12,13). The molecule has 0 amide bonds. The Bertz CT molecular complexity index is 341. The smallest absolute Gasteiger partial charge is 0.338 e. The first-order valence-corrected chi connectivity index (χ1v) is 5.28. The van der Waals surface area contributed by atoms with Crippen LogP contribution in [0.3, 0.4) is 0 Å². The van der Waals surface area contributed by atoms with Gasteiger partial charge < -0.3 is 10.2 Å². The number of hydrogen-bond acceptors (Lipinski definition) is 3.